The van der Waals surface area contributed by atoms with Gasteiger partial charge in [-0.15, -0.1) is 0 Å². The Morgan fingerprint density at radius 1 is 0.970 bits per heavy atom. The zero-order chi connectivity index (χ0) is 24.6. The Hall–Kier alpha value is -2.34. The third-order valence-electron chi connectivity index (χ3n) is 4.37. The molecule has 12 nitrogen and oxygen atoms in total. The van der Waals surface area contributed by atoms with E-state index in [1.54, 1.807) is 30.3 Å². The molecule has 0 aromatic heterocycles. The van der Waals surface area contributed by atoms with Crippen molar-refractivity contribution in [3.8, 4) is 0 Å². The summed E-state index contributed by atoms with van der Waals surface area (Å²) in [6.07, 6.45) is -6.84. The van der Waals surface area contributed by atoms with Gasteiger partial charge >= 0.3 is 25.7 Å². The number of ether oxygens (including phenoxy) is 5. The van der Waals surface area contributed by atoms with Crippen LogP contribution in [0.3, 0.4) is 0 Å². The molecule has 1 saturated heterocycles. The van der Waals surface area contributed by atoms with Gasteiger partial charge in [-0.1, -0.05) is 30.3 Å². The molecule has 0 spiro atoms. The first kappa shape index (κ1) is 26.9. The molecule has 0 amide bonds. The van der Waals surface area contributed by atoms with Gasteiger partial charge in [-0.25, -0.2) is 4.57 Å². The molecule has 6 atom stereocenters. The molecule has 0 bridgehead atoms. The Kier molecular flexibility index (Phi) is 9.96. The van der Waals surface area contributed by atoms with Crippen LogP contribution in [-0.4, -0.2) is 67.2 Å². The summed E-state index contributed by atoms with van der Waals surface area (Å²) in [5, 5.41) is 0. The predicted molar refractivity (Wildman–Crippen MR) is 109 cm³/mol. The normalized spacial score (nSPS) is 26.6. The molecule has 1 heterocycles. The Morgan fingerprint density at radius 2 is 1.58 bits per heavy atom. The Labute approximate surface area is 190 Å². The SMILES string of the molecule is CO[C@H]1O[C@H](COC(C)=O)[C@@H](OP(=O)(O)OCc2ccccc2)[C@H](OC(C)=O)[C@H]1OC(C)=O. The van der Waals surface area contributed by atoms with Gasteiger partial charge in [0.15, 0.2) is 18.5 Å². The lowest BCUT2D eigenvalue weighted by Gasteiger charge is -2.44. The van der Waals surface area contributed by atoms with Crippen LogP contribution in [0.4, 0.5) is 0 Å². The molecule has 0 radical (unpaired) electrons. The Balaban J connectivity index is 2.33. The van der Waals surface area contributed by atoms with Gasteiger partial charge in [0.2, 0.25) is 0 Å². The quantitative estimate of drug-likeness (QED) is 0.287. The van der Waals surface area contributed by atoms with Crippen molar-refractivity contribution in [2.75, 3.05) is 13.7 Å². The third kappa shape index (κ3) is 8.50. The lowest BCUT2D eigenvalue weighted by Crippen LogP contribution is -2.62. The largest absolute Gasteiger partial charge is 0.473 e. The van der Waals surface area contributed by atoms with Gasteiger partial charge in [-0.2, -0.15) is 0 Å². The molecule has 33 heavy (non-hydrogen) atoms. The van der Waals surface area contributed by atoms with Gasteiger partial charge in [-0.05, 0) is 5.56 Å². The first-order chi connectivity index (χ1) is 15.5. The van der Waals surface area contributed by atoms with Gasteiger partial charge in [0.1, 0.15) is 18.8 Å². The third-order valence-corrected chi connectivity index (χ3v) is 5.34. The summed E-state index contributed by atoms with van der Waals surface area (Å²) in [5.41, 5.74) is 0.598. The van der Waals surface area contributed by atoms with Gasteiger partial charge in [-0.3, -0.25) is 23.4 Å². The number of esters is 3. The fourth-order valence-electron chi connectivity index (χ4n) is 3.09. The summed E-state index contributed by atoms with van der Waals surface area (Å²) in [4.78, 5) is 45.1. The Bertz CT molecular complexity index is 860. The van der Waals surface area contributed by atoms with Crippen molar-refractivity contribution in [2.45, 2.75) is 58.1 Å². The molecule has 1 N–H and O–H groups in total. The van der Waals surface area contributed by atoms with Crippen LogP contribution >= 0.6 is 7.82 Å². The topological polar surface area (TPSA) is 153 Å². The van der Waals surface area contributed by atoms with Crippen molar-refractivity contribution >= 4 is 25.7 Å². The van der Waals surface area contributed by atoms with Crippen LogP contribution in [0.15, 0.2) is 30.3 Å². The molecule has 1 aliphatic rings. The predicted octanol–water partition coefficient (Wildman–Crippen LogP) is 1.49. The van der Waals surface area contributed by atoms with E-state index in [-0.39, 0.29) is 6.61 Å². The molecule has 1 unspecified atom stereocenters. The first-order valence-corrected chi connectivity index (χ1v) is 11.4. The van der Waals surface area contributed by atoms with Gasteiger partial charge in [0, 0.05) is 27.9 Å². The van der Waals surface area contributed by atoms with E-state index in [9.17, 15) is 23.8 Å². The van der Waals surface area contributed by atoms with E-state index >= 15 is 0 Å². The summed E-state index contributed by atoms with van der Waals surface area (Å²) in [5.74, 6) is -2.22. The van der Waals surface area contributed by atoms with Crippen LogP contribution in [0.25, 0.3) is 0 Å². The number of hydrogen-bond donors (Lipinski definition) is 1. The molecule has 184 valence electrons. The molecular weight excluding hydrogens is 463 g/mol. The zero-order valence-electron chi connectivity index (χ0n) is 18.6. The van der Waals surface area contributed by atoms with Crippen molar-refractivity contribution in [3.05, 3.63) is 35.9 Å². The second-order valence-corrected chi connectivity index (χ2v) is 8.43. The number of carbonyl (C=O) groups excluding carboxylic acids is 3. The first-order valence-electron chi connectivity index (χ1n) is 9.88. The van der Waals surface area contributed by atoms with E-state index in [2.05, 4.69) is 0 Å². The maximum Gasteiger partial charge on any atom is 0.473 e. The highest BCUT2D eigenvalue weighted by molar-refractivity contribution is 7.47. The van der Waals surface area contributed by atoms with E-state index in [0.717, 1.165) is 20.8 Å². The fourth-order valence-corrected chi connectivity index (χ4v) is 4.02. The van der Waals surface area contributed by atoms with Gasteiger partial charge in [0.05, 0.1) is 6.61 Å². The zero-order valence-corrected chi connectivity index (χ0v) is 19.5. The van der Waals surface area contributed by atoms with Crippen LogP contribution in [0, 0.1) is 0 Å². The minimum atomic E-state index is -4.77. The number of hydrogen-bond acceptors (Lipinski definition) is 11. The highest BCUT2D eigenvalue weighted by atomic mass is 31.2. The minimum Gasteiger partial charge on any atom is -0.463 e. The second kappa shape index (κ2) is 12.2. The summed E-state index contributed by atoms with van der Waals surface area (Å²) in [6.45, 7) is 2.65. The highest BCUT2D eigenvalue weighted by Crippen LogP contribution is 2.48. The van der Waals surface area contributed by atoms with Crippen molar-refractivity contribution in [1.29, 1.82) is 0 Å². The number of phosphoric ester groups is 1. The molecule has 1 aromatic rings. The molecule has 2 rings (SSSR count). The summed E-state index contributed by atoms with van der Waals surface area (Å²) in [7, 11) is -3.53. The highest BCUT2D eigenvalue weighted by Gasteiger charge is 2.53. The van der Waals surface area contributed by atoms with Crippen LogP contribution in [0.2, 0.25) is 0 Å². The van der Waals surface area contributed by atoms with Crippen molar-refractivity contribution in [3.63, 3.8) is 0 Å². The number of carbonyl (C=O) groups is 3. The van der Waals surface area contributed by atoms with Crippen LogP contribution in [0.5, 0.6) is 0 Å². The molecular formula is C20H27O12P. The number of rotatable bonds is 10. The maximum atomic E-state index is 12.7. The average Bonchev–Trinajstić information content (AvgIpc) is 2.74. The van der Waals surface area contributed by atoms with Crippen molar-refractivity contribution < 1.29 is 56.6 Å². The van der Waals surface area contributed by atoms with Crippen LogP contribution in [-0.2, 0) is 58.3 Å². The number of phosphoric acid groups is 1. The standard InChI is InChI=1S/C20H27O12P/c1-12(21)27-11-16-17(32-33(24,25)28-10-15-8-6-5-7-9-15)18(29-13(2)22)19(30-14(3)23)20(26-4)31-16/h5-9,16-20H,10-11H2,1-4H3,(H,24,25)/t16-,17-,18+,19-,20+/m1/s1. The summed E-state index contributed by atoms with van der Waals surface area (Å²) in [6, 6.07) is 8.56. The lowest BCUT2D eigenvalue weighted by atomic mass is 9.98. The van der Waals surface area contributed by atoms with Crippen molar-refractivity contribution in [1.82, 2.24) is 0 Å². The average molecular weight is 490 g/mol. The monoisotopic (exact) mass is 490 g/mol. The van der Waals surface area contributed by atoms with Crippen LogP contribution < -0.4 is 0 Å². The maximum absolute atomic E-state index is 12.7. The molecule has 13 heteroatoms. The fraction of sp³-hybridized carbons (Fsp3) is 0.550. The molecule has 1 aliphatic heterocycles. The van der Waals surface area contributed by atoms with Gasteiger partial charge in [0.25, 0.3) is 0 Å². The lowest BCUT2D eigenvalue weighted by molar-refractivity contribution is -0.298. The van der Waals surface area contributed by atoms with Crippen molar-refractivity contribution in [2.24, 2.45) is 0 Å². The van der Waals surface area contributed by atoms with E-state index in [0.29, 0.717) is 5.56 Å². The van der Waals surface area contributed by atoms with E-state index in [4.69, 9.17) is 32.7 Å². The van der Waals surface area contributed by atoms with E-state index < -0.39 is 63.0 Å². The molecule has 1 fully saturated rings. The smallest absolute Gasteiger partial charge is 0.463 e. The van der Waals surface area contributed by atoms with E-state index in [1.807, 2.05) is 0 Å². The number of methoxy groups -OCH3 is 1. The number of benzene rings is 1. The second-order valence-electron chi connectivity index (χ2n) is 7.03. The van der Waals surface area contributed by atoms with E-state index in [1.165, 1.54) is 7.11 Å². The van der Waals surface area contributed by atoms with Crippen LogP contribution in [0.1, 0.15) is 26.3 Å². The molecule has 0 aliphatic carbocycles. The summed E-state index contributed by atoms with van der Waals surface area (Å²) < 4.78 is 49.3. The van der Waals surface area contributed by atoms with Gasteiger partial charge < -0.3 is 28.6 Å². The summed E-state index contributed by atoms with van der Waals surface area (Å²) >= 11 is 0. The molecule has 1 aromatic carbocycles. The Morgan fingerprint density at radius 3 is 2.12 bits per heavy atom. The molecule has 0 saturated carbocycles. The minimum absolute atomic E-state index is 0.261.